The first-order valence-electron chi connectivity index (χ1n) is 20.1. The van der Waals surface area contributed by atoms with Crippen molar-refractivity contribution in [1.82, 2.24) is 0 Å². The first-order chi connectivity index (χ1) is 27.3. The zero-order chi connectivity index (χ0) is 37.5. The first kappa shape index (κ1) is 32.9. The molecule has 4 nitrogen and oxygen atoms in total. The molecule has 0 bridgehead atoms. The highest BCUT2D eigenvalue weighted by atomic mass is 32.1. The highest BCUT2D eigenvalue weighted by molar-refractivity contribution is 7.23. The van der Waals surface area contributed by atoms with Crippen LogP contribution in [0.5, 0.6) is 0 Å². The quantitative estimate of drug-likeness (QED) is 0.130. The molecule has 2 spiro atoms. The molecule has 0 amide bonds. The number of fused-ring (bicyclic) bond motifs is 12. The van der Waals surface area contributed by atoms with E-state index < -0.39 is 0 Å². The summed E-state index contributed by atoms with van der Waals surface area (Å²) in [5, 5.41) is 3.87. The second-order valence-corrected chi connectivity index (χ2v) is 18.9. The van der Waals surface area contributed by atoms with Crippen molar-refractivity contribution in [1.29, 1.82) is 0 Å². The monoisotopic (exact) mass is 764 g/mol. The van der Waals surface area contributed by atoms with Crippen LogP contribution in [-0.4, -0.2) is 23.1 Å². The lowest BCUT2D eigenvalue weighted by Gasteiger charge is -2.42. The van der Waals surface area contributed by atoms with E-state index in [1.807, 2.05) is 96.3 Å². The van der Waals surface area contributed by atoms with Gasteiger partial charge in [0, 0.05) is 52.6 Å². The van der Waals surface area contributed by atoms with Crippen LogP contribution >= 0.6 is 22.7 Å². The molecule has 12 rings (SSSR count). The highest BCUT2D eigenvalue weighted by Gasteiger charge is 2.54. The Hall–Kier alpha value is -5.30. The minimum Gasteiger partial charge on any atom is -0.288 e. The van der Waals surface area contributed by atoms with Crippen molar-refractivity contribution in [3.05, 3.63) is 150 Å². The van der Waals surface area contributed by atoms with Gasteiger partial charge in [0.1, 0.15) is 0 Å². The predicted molar refractivity (Wildman–Crippen MR) is 226 cm³/mol. The molecular formula is C50H36O4S2. The SMILES string of the molecule is O=C1C(=CC2=Cc3sc4c(c3C23CCCCC3)C2(CCCCC2)c2cc(C=C3C(=O)c5cc6ccccc6cc5C3=O)sc2-4)C(=O)c2cc3ccccc3cc21. The van der Waals surface area contributed by atoms with E-state index in [-0.39, 0.29) is 39.5 Å². The van der Waals surface area contributed by atoms with Gasteiger partial charge in [0.05, 0.1) is 11.1 Å². The summed E-state index contributed by atoms with van der Waals surface area (Å²) in [6.45, 7) is 0. The summed E-state index contributed by atoms with van der Waals surface area (Å²) in [6.07, 6.45) is 17.3. The van der Waals surface area contributed by atoms with Crippen molar-refractivity contribution in [2.75, 3.05) is 0 Å². The Bertz CT molecular complexity index is 2830. The molecule has 0 unspecified atom stereocenters. The zero-order valence-corrected chi connectivity index (χ0v) is 32.4. The lowest BCUT2D eigenvalue weighted by atomic mass is 9.61. The van der Waals surface area contributed by atoms with Crippen LogP contribution in [0.1, 0.15) is 132 Å². The van der Waals surface area contributed by atoms with Crippen LogP contribution in [0, 0.1) is 0 Å². The third-order valence-electron chi connectivity index (χ3n) is 13.9. The predicted octanol–water partition coefficient (Wildman–Crippen LogP) is 12.4. The summed E-state index contributed by atoms with van der Waals surface area (Å²) in [4.78, 5) is 60.5. The van der Waals surface area contributed by atoms with E-state index in [0.717, 1.165) is 83.4 Å². The average Bonchev–Trinajstić information content (AvgIpc) is 4.03. The second kappa shape index (κ2) is 11.6. The van der Waals surface area contributed by atoms with E-state index in [0.29, 0.717) is 27.8 Å². The van der Waals surface area contributed by atoms with Crippen molar-refractivity contribution in [2.24, 2.45) is 0 Å². The molecule has 6 aliphatic rings. The Balaban J connectivity index is 0.977. The number of benzene rings is 4. The fourth-order valence-corrected chi connectivity index (χ4v) is 14.1. The molecule has 2 aromatic heterocycles. The van der Waals surface area contributed by atoms with Gasteiger partial charge in [-0.3, -0.25) is 19.2 Å². The molecule has 6 aromatic rings. The zero-order valence-electron chi connectivity index (χ0n) is 30.8. The summed E-state index contributed by atoms with van der Waals surface area (Å²) in [6, 6.07) is 25.6. The lowest BCUT2D eigenvalue weighted by molar-refractivity contribution is 0.0974. The van der Waals surface area contributed by atoms with Crippen molar-refractivity contribution in [3.63, 3.8) is 0 Å². The van der Waals surface area contributed by atoms with Crippen LogP contribution in [0.4, 0.5) is 0 Å². The van der Waals surface area contributed by atoms with Crippen molar-refractivity contribution in [3.8, 4) is 9.75 Å². The molecule has 4 aromatic carbocycles. The van der Waals surface area contributed by atoms with Crippen molar-refractivity contribution in [2.45, 2.75) is 75.0 Å². The maximum atomic E-state index is 14.0. The fourth-order valence-electron chi connectivity index (χ4n) is 11.3. The first-order valence-corrected chi connectivity index (χ1v) is 21.7. The van der Waals surface area contributed by atoms with Gasteiger partial charge in [0.15, 0.2) is 23.1 Å². The molecule has 2 heterocycles. The van der Waals surface area contributed by atoms with Crippen LogP contribution in [0.2, 0.25) is 0 Å². The number of allylic oxidation sites excluding steroid dienone is 4. The summed E-state index contributed by atoms with van der Waals surface area (Å²) < 4.78 is 0. The van der Waals surface area contributed by atoms with Crippen LogP contribution in [0.15, 0.2) is 102 Å². The maximum Gasteiger partial charge on any atom is 0.197 e. The van der Waals surface area contributed by atoms with E-state index in [1.165, 1.54) is 44.2 Å². The molecule has 56 heavy (non-hydrogen) atoms. The van der Waals surface area contributed by atoms with Crippen LogP contribution in [-0.2, 0) is 10.8 Å². The van der Waals surface area contributed by atoms with E-state index in [4.69, 9.17) is 0 Å². The number of hydrogen-bond acceptors (Lipinski definition) is 6. The molecule has 2 fully saturated rings. The molecule has 6 aliphatic carbocycles. The molecule has 0 atom stereocenters. The summed E-state index contributed by atoms with van der Waals surface area (Å²) in [5.41, 5.74) is 7.68. The Kier molecular flexibility index (Phi) is 6.83. The van der Waals surface area contributed by atoms with Crippen molar-refractivity contribution >= 4 is 79.5 Å². The number of hydrogen-bond donors (Lipinski definition) is 0. The number of carbonyl (C=O) groups is 4. The van der Waals surface area contributed by atoms with Gasteiger partial charge in [-0.15, -0.1) is 22.7 Å². The largest absolute Gasteiger partial charge is 0.288 e. The normalized spacial score (nSPS) is 19.9. The Morgan fingerprint density at radius 1 is 0.482 bits per heavy atom. The van der Waals surface area contributed by atoms with Crippen molar-refractivity contribution < 1.29 is 19.2 Å². The number of thiophene rings is 2. The summed E-state index contributed by atoms with van der Waals surface area (Å²) in [7, 11) is 0. The molecular weight excluding hydrogens is 729 g/mol. The van der Waals surface area contributed by atoms with Gasteiger partial charge in [-0.25, -0.2) is 0 Å². The van der Waals surface area contributed by atoms with E-state index in [9.17, 15) is 19.2 Å². The third-order valence-corrected chi connectivity index (χ3v) is 16.3. The lowest BCUT2D eigenvalue weighted by Crippen LogP contribution is -2.35. The minimum absolute atomic E-state index is 0.124. The number of Topliss-reactive ketones (excluding diaryl/α,β-unsaturated/α-hetero) is 4. The van der Waals surface area contributed by atoms with Crippen LogP contribution in [0.3, 0.4) is 0 Å². The highest BCUT2D eigenvalue weighted by Crippen LogP contribution is 2.67. The molecule has 0 radical (unpaired) electrons. The van der Waals surface area contributed by atoms with Gasteiger partial charge in [-0.2, -0.15) is 0 Å². The minimum atomic E-state index is -0.230. The molecule has 0 N–H and O–H groups in total. The number of rotatable bonds is 2. The Morgan fingerprint density at radius 3 is 1.45 bits per heavy atom. The van der Waals surface area contributed by atoms with Crippen LogP contribution in [0.25, 0.3) is 43.5 Å². The second-order valence-electron chi connectivity index (χ2n) is 16.7. The number of ketones is 4. The number of carbonyl (C=O) groups excluding carboxylic acids is 4. The summed E-state index contributed by atoms with van der Waals surface area (Å²) in [5.74, 6) is -0.694. The van der Waals surface area contributed by atoms with Gasteiger partial charge in [-0.05, 0) is 118 Å². The molecule has 0 saturated heterocycles. The average molecular weight is 765 g/mol. The van der Waals surface area contributed by atoms with E-state index >= 15 is 0 Å². The van der Waals surface area contributed by atoms with E-state index in [2.05, 4.69) is 12.1 Å². The van der Waals surface area contributed by atoms with Gasteiger partial charge in [0.25, 0.3) is 0 Å². The maximum absolute atomic E-state index is 14.0. The topological polar surface area (TPSA) is 68.3 Å². The molecule has 272 valence electrons. The fraction of sp³-hybridized carbons (Fsp3) is 0.240. The molecule has 6 heteroatoms. The summed E-state index contributed by atoms with van der Waals surface area (Å²) >= 11 is 3.60. The van der Waals surface area contributed by atoms with Gasteiger partial charge in [-0.1, -0.05) is 87.1 Å². The smallest absolute Gasteiger partial charge is 0.197 e. The van der Waals surface area contributed by atoms with Crippen LogP contribution < -0.4 is 0 Å². The molecule has 0 aliphatic heterocycles. The van der Waals surface area contributed by atoms with Gasteiger partial charge >= 0.3 is 0 Å². The molecule has 2 saturated carbocycles. The third kappa shape index (κ3) is 4.29. The van der Waals surface area contributed by atoms with E-state index in [1.54, 1.807) is 11.3 Å². The van der Waals surface area contributed by atoms with Gasteiger partial charge < -0.3 is 0 Å². The Labute approximate surface area is 332 Å². The standard InChI is InChI=1S/C50H36O4S2/c51-43-33-19-27-11-3-4-12-28(27)20-34(33)44(52)37(43)23-31-24-40-41(49(31)15-7-1-8-16-49)42-48(56-40)47-39(50(42)17-9-2-10-18-50)26-32(55-47)25-38-45(53)35-21-29-13-5-6-14-30(29)22-36(35)46(38)54/h3-6,11-14,19-26H,1-2,7-10,15-18H2. The van der Waals surface area contributed by atoms with Gasteiger partial charge in [0.2, 0.25) is 0 Å². The Morgan fingerprint density at radius 2 is 0.946 bits per heavy atom.